The van der Waals surface area contributed by atoms with Gasteiger partial charge in [0.25, 0.3) is 0 Å². The number of carboxylic acid groups (broad SMARTS) is 1. The third-order valence-corrected chi connectivity index (χ3v) is 5.61. The molecule has 4 N–H and O–H groups in total. The molecule has 0 spiro atoms. The first-order chi connectivity index (χ1) is 14.1. The Balaban J connectivity index is 2.00. The van der Waals surface area contributed by atoms with Gasteiger partial charge in [-0.05, 0) is 44.9 Å². The van der Waals surface area contributed by atoms with E-state index in [2.05, 4.69) is 10.6 Å². The van der Waals surface area contributed by atoms with E-state index in [1.165, 1.54) is 4.90 Å². The fourth-order valence-electron chi connectivity index (χ4n) is 3.40. The van der Waals surface area contributed by atoms with E-state index in [4.69, 9.17) is 10.4 Å². The number of carbonyl (C=O) groups excluding carboxylic acids is 2. The number of nitrogens with one attached hydrogen (secondary N) is 2. The summed E-state index contributed by atoms with van der Waals surface area (Å²) in [6, 6.07) is 7.60. The lowest BCUT2D eigenvalue weighted by Crippen LogP contribution is -2.55. The van der Waals surface area contributed by atoms with Crippen LogP contribution in [0.1, 0.15) is 38.3 Å². The van der Waals surface area contributed by atoms with Crippen molar-refractivity contribution in [2.45, 2.75) is 51.8 Å². The Kier molecular flexibility index (Phi) is 7.40. The highest BCUT2D eigenvalue weighted by Gasteiger charge is 2.46. The van der Waals surface area contributed by atoms with Crippen molar-refractivity contribution in [2.75, 3.05) is 13.1 Å². The number of hydrogen-bond acceptors (Lipinski definition) is 5. The van der Waals surface area contributed by atoms with Crippen molar-refractivity contribution in [3.63, 3.8) is 0 Å². The number of β-amino-alcohol motifs (C(OH)–C–C–N with tert-alkyl or cyclic N) is 1. The van der Waals surface area contributed by atoms with E-state index in [0.29, 0.717) is 18.5 Å². The summed E-state index contributed by atoms with van der Waals surface area (Å²) in [6.07, 6.45) is -1.36. The average Bonchev–Trinajstić information content (AvgIpc) is 3.08. The molecule has 0 bridgehead atoms. The van der Waals surface area contributed by atoms with E-state index in [0.717, 1.165) is 5.56 Å². The van der Waals surface area contributed by atoms with Gasteiger partial charge < -0.3 is 25.7 Å². The lowest BCUT2D eigenvalue weighted by Gasteiger charge is -2.36. The number of aliphatic hydroxyl groups excluding tert-OH is 1. The van der Waals surface area contributed by atoms with E-state index < -0.39 is 35.6 Å². The largest absolute Gasteiger partial charge is 0.465 e. The van der Waals surface area contributed by atoms with Gasteiger partial charge in [-0.25, -0.2) is 4.79 Å². The van der Waals surface area contributed by atoms with Gasteiger partial charge in [0, 0.05) is 25.6 Å². The Labute approximate surface area is 175 Å². The molecule has 3 atom stereocenters. The second-order valence-electron chi connectivity index (χ2n) is 8.11. The molecule has 1 aromatic rings. The van der Waals surface area contributed by atoms with Crippen molar-refractivity contribution in [3.8, 4) is 6.07 Å². The van der Waals surface area contributed by atoms with Gasteiger partial charge >= 0.3 is 6.09 Å². The monoisotopic (exact) mass is 416 g/mol. The highest BCUT2D eigenvalue weighted by Crippen LogP contribution is 2.29. The van der Waals surface area contributed by atoms with E-state index in [9.17, 15) is 19.5 Å². The summed E-state index contributed by atoms with van der Waals surface area (Å²) in [7, 11) is 0. The number of aliphatic hydroxyl groups is 1. The second-order valence-corrected chi connectivity index (χ2v) is 8.11. The number of nitriles is 1. The first-order valence-electron chi connectivity index (χ1n) is 9.81. The van der Waals surface area contributed by atoms with Crippen LogP contribution in [0, 0.1) is 16.7 Å². The average molecular weight is 416 g/mol. The lowest BCUT2D eigenvalue weighted by molar-refractivity contribution is -0.146. The quantitative estimate of drug-likeness (QED) is 0.519. The van der Waals surface area contributed by atoms with E-state index in [1.807, 2.05) is 18.2 Å². The summed E-state index contributed by atoms with van der Waals surface area (Å²) < 4.78 is 0. The van der Waals surface area contributed by atoms with Crippen molar-refractivity contribution in [3.05, 3.63) is 35.4 Å². The first kappa shape index (κ1) is 23.2. The van der Waals surface area contributed by atoms with Gasteiger partial charge in [0.2, 0.25) is 11.8 Å². The van der Waals surface area contributed by atoms with Crippen molar-refractivity contribution >= 4 is 17.9 Å². The summed E-state index contributed by atoms with van der Waals surface area (Å²) in [5.74, 6) is -0.754. The predicted octanol–water partition coefficient (Wildman–Crippen LogP) is 0.861. The molecule has 0 saturated carbocycles. The summed E-state index contributed by atoms with van der Waals surface area (Å²) >= 11 is 0. The fraction of sp³-hybridized carbons (Fsp3) is 0.524. The molecule has 0 unspecified atom stereocenters. The number of hydrogen-bond donors (Lipinski definition) is 4. The molecule has 0 aromatic heterocycles. The first-order valence-corrected chi connectivity index (χ1v) is 9.81. The maximum Gasteiger partial charge on any atom is 0.404 e. The van der Waals surface area contributed by atoms with Crippen LogP contribution in [-0.4, -0.2) is 64.3 Å². The molecular weight excluding hydrogens is 388 g/mol. The molecule has 1 fully saturated rings. The maximum absolute atomic E-state index is 13.1. The molecular formula is C21H28N4O5. The molecule has 1 aromatic carbocycles. The van der Waals surface area contributed by atoms with Crippen LogP contribution < -0.4 is 10.6 Å². The fourth-order valence-corrected chi connectivity index (χ4v) is 3.40. The molecule has 1 aliphatic rings. The molecule has 1 heterocycles. The Hall–Kier alpha value is -3.12. The molecule has 3 amide bonds. The van der Waals surface area contributed by atoms with Crippen LogP contribution in [0.5, 0.6) is 0 Å². The Morgan fingerprint density at radius 3 is 2.50 bits per heavy atom. The van der Waals surface area contributed by atoms with Gasteiger partial charge in [0.15, 0.2) is 0 Å². The molecule has 0 radical (unpaired) electrons. The van der Waals surface area contributed by atoms with Gasteiger partial charge in [-0.1, -0.05) is 12.1 Å². The summed E-state index contributed by atoms with van der Waals surface area (Å²) in [4.78, 5) is 38.1. The van der Waals surface area contributed by atoms with Crippen LogP contribution in [-0.2, 0) is 16.0 Å². The molecule has 2 rings (SSSR count). The predicted molar refractivity (Wildman–Crippen MR) is 108 cm³/mol. The number of likely N-dealkylation sites (tertiary alicyclic amines) is 1. The smallest absolute Gasteiger partial charge is 0.404 e. The van der Waals surface area contributed by atoms with E-state index >= 15 is 0 Å². The number of benzene rings is 1. The van der Waals surface area contributed by atoms with Gasteiger partial charge in [0.1, 0.15) is 6.04 Å². The summed E-state index contributed by atoms with van der Waals surface area (Å²) in [6.45, 7) is 5.18. The van der Waals surface area contributed by atoms with Crippen LogP contribution in [0.3, 0.4) is 0 Å². The Bertz CT molecular complexity index is 831. The topological polar surface area (TPSA) is 143 Å². The molecule has 30 heavy (non-hydrogen) atoms. The van der Waals surface area contributed by atoms with Crippen molar-refractivity contribution in [1.29, 1.82) is 5.26 Å². The standard InChI is InChI=1S/C21H28N4O5/c1-13(24-20(29)30)21(2,3)19(28)25-12-16(26)10-17(25)18(27)23-9-8-14-4-6-15(11-22)7-5-14/h4-7,13,16-17,24,26H,8-10,12H2,1-3H3,(H,23,27)(H,29,30)/t13-,16+,17-/m0/s1. The third-order valence-electron chi connectivity index (χ3n) is 5.61. The Morgan fingerprint density at radius 2 is 1.93 bits per heavy atom. The van der Waals surface area contributed by atoms with E-state index in [1.54, 1.807) is 32.9 Å². The van der Waals surface area contributed by atoms with Gasteiger partial charge in [-0.15, -0.1) is 0 Å². The second kappa shape index (κ2) is 9.59. The number of carbonyl (C=O) groups is 3. The normalized spacial score (nSPS) is 19.6. The lowest BCUT2D eigenvalue weighted by atomic mass is 9.83. The van der Waals surface area contributed by atoms with Crippen molar-refractivity contribution in [1.82, 2.24) is 15.5 Å². The van der Waals surface area contributed by atoms with Crippen LogP contribution in [0.15, 0.2) is 24.3 Å². The molecule has 162 valence electrons. The zero-order valence-corrected chi connectivity index (χ0v) is 17.4. The maximum atomic E-state index is 13.1. The number of rotatable bonds is 7. The van der Waals surface area contributed by atoms with Crippen LogP contribution in [0.4, 0.5) is 4.79 Å². The van der Waals surface area contributed by atoms with Gasteiger partial charge in [-0.3, -0.25) is 9.59 Å². The third kappa shape index (κ3) is 5.48. The zero-order chi connectivity index (χ0) is 22.5. The minimum Gasteiger partial charge on any atom is -0.465 e. The van der Waals surface area contributed by atoms with Crippen molar-refractivity contribution in [2.24, 2.45) is 5.41 Å². The molecule has 1 aliphatic heterocycles. The molecule has 9 heteroatoms. The SMILES string of the molecule is C[C@H](NC(=O)O)C(C)(C)C(=O)N1C[C@H](O)C[C@H]1C(=O)NCCc1ccc(C#N)cc1. The molecule has 9 nitrogen and oxygen atoms in total. The minimum absolute atomic E-state index is 0.0236. The zero-order valence-electron chi connectivity index (χ0n) is 17.4. The Morgan fingerprint density at radius 1 is 1.30 bits per heavy atom. The van der Waals surface area contributed by atoms with Crippen LogP contribution in [0.2, 0.25) is 0 Å². The van der Waals surface area contributed by atoms with Crippen LogP contribution in [0.25, 0.3) is 0 Å². The highest BCUT2D eigenvalue weighted by atomic mass is 16.4. The molecule has 0 aliphatic carbocycles. The van der Waals surface area contributed by atoms with E-state index in [-0.39, 0.29) is 18.9 Å². The minimum atomic E-state index is -1.23. The summed E-state index contributed by atoms with van der Waals surface area (Å²) in [5, 5.41) is 32.9. The van der Waals surface area contributed by atoms with Crippen LogP contribution >= 0.6 is 0 Å². The number of nitrogens with zero attached hydrogens (tertiary/aromatic N) is 2. The molecule has 1 saturated heterocycles. The number of amides is 3. The van der Waals surface area contributed by atoms with Crippen molar-refractivity contribution < 1.29 is 24.6 Å². The van der Waals surface area contributed by atoms with Gasteiger partial charge in [0.05, 0.1) is 23.2 Å². The van der Waals surface area contributed by atoms with Gasteiger partial charge in [-0.2, -0.15) is 5.26 Å². The summed E-state index contributed by atoms with van der Waals surface area (Å²) in [5.41, 5.74) is 0.429. The highest BCUT2D eigenvalue weighted by molar-refractivity contribution is 5.91.